The van der Waals surface area contributed by atoms with Crippen LogP contribution in [-0.4, -0.2) is 50.1 Å². The van der Waals surface area contributed by atoms with E-state index in [4.69, 9.17) is 9.47 Å². The molecule has 1 N–H and O–H groups in total. The summed E-state index contributed by atoms with van der Waals surface area (Å²) in [5, 5.41) is 3.47. The van der Waals surface area contributed by atoms with Crippen molar-refractivity contribution in [3.8, 4) is 11.5 Å². The van der Waals surface area contributed by atoms with Crippen LogP contribution in [0.3, 0.4) is 0 Å². The Balaban J connectivity index is 1.41. The van der Waals surface area contributed by atoms with Crippen LogP contribution in [0.4, 0.5) is 17.1 Å². The summed E-state index contributed by atoms with van der Waals surface area (Å²) in [5.41, 5.74) is 4.62. The van der Waals surface area contributed by atoms with Gasteiger partial charge in [0.2, 0.25) is 0 Å². The van der Waals surface area contributed by atoms with E-state index in [2.05, 4.69) is 53.4 Å². The van der Waals surface area contributed by atoms with E-state index < -0.39 is 11.9 Å². The van der Waals surface area contributed by atoms with Gasteiger partial charge in [0.05, 0.1) is 24.2 Å². The molecule has 1 fully saturated rings. The highest BCUT2D eigenvalue weighted by Gasteiger charge is 2.32. The van der Waals surface area contributed by atoms with Crippen LogP contribution in [0.5, 0.6) is 11.5 Å². The normalized spacial score (nSPS) is 18.3. The Morgan fingerprint density at radius 2 is 1.59 bits per heavy atom. The lowest BCUT2D eigenvalue weighted by Gasteiger charge is -2.34. The zero-order chi connectivity index (χ0) is 25.5. The minimum atomic E-state index is -0.442. The number of rotatable bonds is 3. The highest BCUT2D eigenvalue weighted by atomic mass is 32.2. The third-order valence-electron chi connectivity index (χ3n) is 7.28. The van der Waals surface area contributed by atoms with Gasteiger partial charge in [-0.2, -0.15) is 0 Å². The van der Waals surface area contributed by atoms with Crippen molar-refractivity contribution in [3.05, 3.63) is 65.7 Å². The van der Waals surface area contributed by atoms with Crippen LogP contribution in [0.1, 0.15) is 36.8 Å². The molecule has 2 bridgehead atoms. The van der Waals surface area contributed by atoms with Crippen molar-refractivity contribution in [2.45, 2.75) is 35.5 Å². The standard InChI is InChI=1S/C29H29N3O4S/c1-18(19-7-9-20(10-8-19)32-15-13-31(2)14-16-32)27-22-17-24-28(30-21-5-3-4-6-23(21)37-24)29(27)36-26(34)12-11-25(33)35-22/h3-10,17-18,30H,11-16H2,1-2H3. The number of benzene rings is 3. The summed E-state index contributed by atoms with van der Waals surface area (Å²) >= 11 is 1.57. The minimum Gasteiger partial charge on any atom is -0.426 e. The van der Waals surface area contributed by atoms with Crippen molar-refractivity contribution >= 4 is 40.8 Å². The summed E-state index contributed by atoms with van der Waals surface area (Å²) < 4.78 is 11.8. The van der Waals surface area contributed by atoms with Crippen molar-refractivity contribution in [3.63, 3.8) is 0 Å². The predicted molar refractivity (Wildman–Crippen MR) is 144 cm³/mol. The lowest BCUT2D eigenvalue weighted by atomic mass is 9.90. The zero-order valence-corrected chi connectivity index (χ0v) is 21.8. The molecule has 0 amide bonds. The number of ether oxygens (including phenoxy) is 2. The van der Waals surface area contributed by atoms with Gasteiger partial charge in [-0.15, -0.1) is 0 Å². The summed E-state index contributed by atoms with van der Waals surface area (Å²) in [4.78, 5) is 32.0. The average Bonchev–Trinajstić information content (AvgIpc) is 2.95. The number of carbonyl (C=O) groups excluding carboxylic acids is 2. The zero-order valence-electron chi connectivity index (χ0n) is 21.0. The quantitative estimate of drug-likeness (QED) is 0.287. The minimum absolute atomic E-state index is 0.0176. The number of hydrogen-bond acceptors (Lipinski definition) is 8. The van der Waals surface area contributed by atoms with Gasteiger partial charge in [0.25, 0.3) is 0 Å². The van der Waals surface area contributed by atoms with Gasteiger partial charge in [0.1, 0.15) is 5.75 Å². The summed E-state index contributed by atoms with van der Waals surface area (Å²) in [6, 6.07) is 18.4. The van der Waals surface area contributed by atoms with Crippen molar-refractivity contribution in [1.29, 1.82) is 0 Å². The molecular formula is C29H29N3O4S. The fourth-order valence-corrected chi connectivity index (χ4v) is 6.11. The number of fused-ring (bicyclic) bond motifs is 5. The number of likely N-dealkylation sites (N-methyl/N-ethyl adjacent to an activating group) is 1. The highest BCUT2D eigenvalue weighted by Crippen LogP contribution is 2.54. The Hall–Kier alpha value is -3.49. The van der Waals surface area contributed by atoms with E-state index in [1.165, 1.54) is 5.69 Å². The number of esters is 2. The van der Waals surface area contributed by atoms with Gasteiger partial charge < -0.3 is 24.6 Å². The first-order chi connectivity index (χ1) is 18.0. The van der Waals surface area contributed by atoms with Crippen molar-refractivity contribution in [1.82, 2.24) is 4.90 Å². The molecule has 1 atom stereocenters. The molecule has 8 heteroatoms. The molecule has 0 spiro atoms. The van der Waals surface area contributed by atoms with Crippen LogP contribution in [0.2, 0.25) is 0 Å². The topological polar surface area (TPSA) is 71.1 Å². The van der Waals surface area contributed by atoms with Gasteiger partial charge in [-0.25, -0.2) is 0 Å². The maximum Gasteiger partial charge on any atom is 0.311 e. The first-order valence-electron chi connectivity index (χ1n) is 12.7. The van der Waals surface area contributed by atoms with Gasteiger partial charge >= 0.3 is 11.9 Å². The number of hydrogen-bond donors (Lipinski definition) is 1. The lowest BCUT2D eigenvalue weighted by molar-refractivity contribution is -0.140. The van der Waals surface area contributed by atoms with Crippen LogP contribution in [0.15, 0.2) is 64.4 Å². The van der Waals surface area contributed by atoms with Crippen molar-refractivity contribution in [2.75, 3.05) is 43.4 Å². The third kappa shape index (κ3) is 4.67. The second kappa shape index (κ2) is 9.76. The SMILES string of the molecule is CC(c1ccc(N2CCN(C)CC2)cc1)c1c2cc3c(c1OC(=O)CCC(=O)O2)Nc1ccccc1S3. The van der Waals surface area contributed by atoms with Crippen LogP contribution in [-0.2, 0) is 9.59 Å². The Kier molecular flexibility index (Phi) is 6.30. The van der Waals surface area contributed by atoms with Crippen LogP contribution in [0, 0.1) is 0 Å². The lowest BCUT2D eigenvalue weighted by Crippen LogP contribution is -2.44. The van der Waals surface area contributed by atoms with Gasteiger partial charge in [-0.1, -0.05) is 43.0 Å². The van der Waals surface area contributed by atoms with Crippen molar-refractivity contribution in [2.24, 2.45) is 0 Å². The second-order valence-corrected chi connectivity index (χ2v) is 10.8. The highest BCUT2D eigenvalue weighted by molar-refractivity contribution is 7.99. The molecule has 7 nitrogen and oxygen atoms in total. The number of para-hydroxylation sites is 1. The summed E-state index contributed by atoms with van der Waals surface area (Å²) in [6.45, 7) is 6.15. The van der Waals surface area contributed by atoms with E-state index in [0.29, 0.717) is 17.1 Å². The van der Waals surface area contributed by atoms with Gasteiger partial charge in [-0.3, -0.25) is 9.59 Å². The Morgan fingerprint density at radius 1 is 0.892 bits per heavy atom. The molecule has 1 saturated heterocycles. The number of anilines is 3. The first kappa shape index (κ1) is 23.9. The molecular weight excluding hydrogens is 486 g/mol. The molecule has 6 rings (SSSR count). The molecule has 3 aromatic rings. The van der Waals surface area contributed by atoms with Crippen LogP contribution < -0.4 is 19.7 Å². The van der Waals surface area contributed by atoms with E-state index in [9.17, 15) is 9.59 Å². The van der Waals surface area contributed by atoms with Gasteiger partial charge in [0, 0.05) is 53.1 Å². The molecule has 3 aliphatic rings. The van der Waals surface area contributed by atoms with E-state index in [-0.39, 0.29) is 18.8 Å². The molecule has 0 radical (unpaired) electrons. The monoisotopic (exact) mass is 515 g/mol. The number of carbonyl (C=O) groups is 2. The molecule has 3 heterocycles. The van der Waals surface area contributed by atoms with Gasteiger partial charge in [-0.05, 0) is 42.9 Å². The fraction of sp³-hybridized carbons (Fsp3) is 0.310. The molecule has 3 aliphatic heterocycles. The molecule has 0 saturated carbocycles. The average molecular weight is 516 g/mol. The van der Waals surface area contributed by atoms with E-state index in [0.717, 1.165) is 52.9 Å². The molecule has 190 valence electrons. The Labute approximate surface area is 220 Å². The molecule has 0 aliphatic carbocycles. The Morgan fingerprint density at radius 3 is 2.35 bits per heavy atom. The summed E-state index contributed by atoms with van der Waals surface area (Å²) in [7, 11) is 2.15. The fourth-order valence-electron chi connectivity index (χ4n) is 5.09. The smallest absolute Gasteiger partial charge is 0.311 e. The second-order valence-electron chi connectivity index (χ2n) is 9.77. The van der Waals surface area contributed by atoms with Crippen LogP contribution in [0.25, 0.3) is 0 Å². The summed E-state index contributed by atoms with van der Waals surface area (Å²) in [6.07, 6.45) is -0.0420. The maximum absolute atomic E-state index is 12.8. The predicted octanol–water partition coefficient (Wildman–Crippen LogP) is 5.40. The van der Waals surface area contributed by atoms with E-state index in [1.807, 2.05) is 30.3 Å². The maximum atomic E-state index is 12.8. The number of nitrogens with zero attached hydrogens (tertiary/aromatic N) is 2. The van der Waals surface area contributed by atoms with Crippen molar-refractivity contribution < 1.29 is 19.1 Å². The van der Waals surface area contributed by atoms with Gasteiger partial charge in [0.15, 0.2) is 5.75 Å². The molecule has 1 unspecified atom stereocenters. The molecule has 37 heavy (non-hydrogen) atoms. The van der Waals surface area contributed by atoms with E-state index >= 15 is 0 Å². The molecule has 3 aromatic carbocycles. The largest absolute Gasteiger partial charge is 0.426 e. The number of piperazine rings is 1. The molecule has 0 aromatic heterocycles. The van der Waals surface area contributed by atoms with E-state index in [1.54, 1.807) is 11.8 Å². The van der Waals surface area contributed by atoms with Crippen LogP contribution >= 0.6 is 11.8 Å². The number of nitrogens with one attached hydrogen (secondary N) is 1. The Bertz CT molecular complexity index is 1370. The third-order valence-corrected chi connectivity index (χ3v) is 8.40. The summed E-state index contributed by atoms with van der Waals surface area (Å²) in [5.74, 6) is -0.178. The first-order valence-corrected chi connectivity index (χ1v) is 13.5.